The molecule has 0 spiro atoms. The molecule has 0 rings (SSSR count). The topological polar surface area (TPSA) is 95.9 Å². The summed E-state index contributed by atoms with van der Waals surface area (Å²) in [4.78, 5) is 26.3. The second kappa shape index (κ2) is 54.8. The zero-order chi connectivity index (χ0) is 48.8. The van der Waals surface area contributed by atoms with Crippen LogP contribution in [0, 0.1) is 0 Å². The molecular weight excluding hydrogens is 827 g/mol. The number of amides is 1. The van der Waals surface area contributed by atoms with Gasteiger partial charge in [0.2, 0.25) is 5.91 Å². The van der Waals surface area contributed by atoms with E-state index in [2.05, 4.69) is 74.7 Å². The Morgan fingerprint density at radius 1 is 0.448 bits per heavy atom. The van der Waals surface area contributed by atoms with Crippen molar-refractivity contribution in [3.05, 3.63) is 48.6 Å². The molecule has 0 fully saturated rings. The molecule has 0 aromatic heterocycles. The van der Waals surface area contributed by atoms with Gasteiger partial charge < -0.3 is 20.3 Å². The van der Waals surface area contributed by atoms with Crippen molar-refractivity contribution in [2.75, 3.05) is 6.61 Å². The highest BCUT2D eigenvalue weighted by Crippen LogP contribution is 2.18. The number of nitrogens with one attached hydrogen (secondary N) is 1. The number of unbranched alkanes of at least 4 members (excludes halogenated alkanes) is 33. The number of carbonyl (C=O) groups is 2. The Morgan fingerprint density at radius 3 is 1.19 bits per heavy atom. The lowest BCUT2D eigenvalue weighted by atomic mass is 10.0. The monoisotopic (exact) mass is 940 g/mol. The summed E-state index contributed by atoms with van der Waals surface area (Å²) in [6.07, 6.45) is 67.6. The Labute approximate surface area is 416 Å². The third kappa shape index (κ3) is 50.0. The molecule has 0 saturated carbocycles. The Hall–Kier alpha value is -2.18. The molecule has 0 aliphatic heterocycles. The van der Waals surface area contributed by atoms with Gasteiger partial charge in [-0.25, -0.2) is 0 Å². The number of esters is 1. The number of hydrogen-bond donors (Lipinski definition) is 3. The summed E-state index contributed by atoms with van der Waals surface area (Å²) in [7, 11) is 0. The second-order valence-electron chi connectivity index (χ2n) is 20.0. The number of aliphatic hydroxyl groups excluding tert-OH is 2. The van der Waals surface area contributed by atoms with Gasteiger partial charge in [0.1, 0.15) is 6.10 Å². The number of rotatable bonds is 53. The van der Waals surface area contributed by atoms with Gasteiger partial charge in [-0.1, -0.05) is 281 Å². The third-order valence-corrected chi connectivity index (χ3v) is 13.4. The zero-order valence-electron chi connectivity index (χ0n) is 44.8. The fourth-order valence-electron chi connectivity index (χ4n) is 9.02. The Balaban J connectivity index is 4.54. The minimum Gasteiger partial charge on any atom is -0.462 e. The molecule has 0 aromatic carbocycles. The van der Waals surface area contributed by atoms with Crippen LogP contribution in [0.2, 0.25) is 0 Å². The summed E-state index contributed by atoms with van der Waals surface area (Å²) in [5.41, 5.74) is 0. The van der Waals surface area contributed by atoms with Crippen molar-refractivity contribution in [2.45, 2.75) is 322 Å². The smallest absolute Gasteiger partial charge is 0.306 e. The fourth-order valence-corrected chi connectivity index (χ4v) is 9.02. The van der Waals surface area contributed by atoms with Crippen LogP contribution in [0.3, 0.4) is 0 Å². The summed E-state index contributed by atoms with van der Waals surface area (Å²) in [5.74, 6) is -0.514. The molecular formula is C61H113NO5. The van der Waals surface area contributed by atoms with E-state index in [9.17, 15) is 19.8 Å². The highest BCUT2D eigenvalue weighted by atomic mass is 16.5. The van der Waals surface area contributed by atoms with Gasteiger partial charge in [0.25, 0.3) is 0 Å². The van der Waals surface area contributed by atoms with E-state index in [0.29, 0.717) is 19.3 Å². The molecule has 6 heteroatoms. The molecule has 3 unspecified atom stereocenters. The van der Waals surface area contributed by atoms with Crippen molar-refractivity contribution in [2.24, 2.45) is 0 Å². The lowest BCUT2D eigenvalue weighted by Crippen LogP contribution is -2.46. The van der Waals surface area contributed by atoms with E-state index in [1.165, 1.54) is 180 Å². The van der Waals surface area contributed by atoms with E-state index in [4.69, 9.17) is 4.74 Å². The van der Waals surface area contributed by atoms with Crippen LogP contribution in [-0.4, -0.2) is 46.9 Å². The molecule has 0 radical (unpaired) electrons. The number of aliphatic hydroxyl groups is 2. The normalized spacial score (nSPS) is 13.4. The van der Waals surface area contributed by atoms with Crippen molar-refractivity contribution < 1.29 is 24.5 Å². The van der Waals surface area contributed by atoms with Gasteiger partial charge in [0.15, 0.2) is 0 Å². The summed E-state index contributed by atoms with van der Waals surface area (Å²) in [6, 6.07) is -0.718. The molecule has 6 nitrogen and oxygen atoms in total. The SMILES string of the molecule is CC/C=C/C/C=C/C/C=C/C/C=C/CCCC(CC(=O)NC(CO)C(O)CCCCCCCCCCCCCCCCC)OC(=O)CCCCCCCCCCCCCCCCCCCCC. The molecule has 0 aliphatic carbocycles. The van der Waals surface area contributed by atoms with Crippen molar-refractivity contribution in [1.29, 1.82) is 0 Å². The summed E-state index contributed by atoms with van der Waals surface area (Å²) < 4.78 is 5.94. The first kappa shape index (κ1) is 64.8. The number of allylic oxidation sites excluding steroid dienone is 8. The quantitative estimate of drug-likeness (QED) is 0.0321. The molecule has 67 heavy (non-hydrogen) atoms. The van der Waals surface area contributed by atoms with Gasteiger partial charge in [0, 0.05) is 6.42 Å². The van der Waals surface area contributed by atoms with Crippen LogP contribution in [0.25, 0.3) is 0 Å². The maximum atomic E-state index is 13.3. The minimum absolute atomic E-state index is 0.0430. The first-order chi connectivity index (χ1) is 33.0. The van der Waals surface area contributed by atoms with Gasteiger partial charge in [-0.05, 0) is 57.8 Å². The van der Waals surface area contributed by atoms with E-state index in [1.54, 1.807) is 0 Å². The van der Waals surface area contributed by atoms with Crippen LogP contribution in [0.15, 0.2) is 48.6 Å². The minimum atomic E-state index is -0.801. The van der Waals surface area contributed by atoms with Crippen LogP contribution < -0.4 is 5.32 Å². The molecule has 392 valence electrons. The fraction of sp³-hybridized carbons (Fsp3) is 0.836. The molecule has 1 amide bonds. The molecule has 0 aromatic rings. The maximum absolute atomic E-state index is 13.3. The highest BCUT2D eigenvalue weighted by Gasteiger charge is 2.24. The summed E-state index contributed by atoms with van der Waals surface area (Å²) in [5, 5.41) is 23.9. The van der Waals surface area contributed by atoms with E-state index in [0.717, 1.165) is 77.0 Å². The molecule has 3 N–H and O–H groups in total. The van der Waals surface area contributed by atoms with Gasteiger partial charge in [-0.3, -0.25) is 9.59 Å². The first-order valence-corrected chi connectivity index (χ1v) is 29.4. The van der Waals surface area contributed by atoms with Crippen LogP contribution in [-0.2, 0) is 14.3 Å². The zero-order valence-corrected chi connectivity index (χ0v) is 44.8. The van der Waals surface area contributed by atoms with Crippen LogP contribution in [0.5, 0.6) is 0 Å². The Bertz CT molecular complexity index is 1150. The molecule has 0 bridgehead atoms. The Morgan fingerprint density at radius 2 is 0.806 bits per heavy atom. The van der Waals surface area contributed by atoms with Gasteiger partial charge >= 0.3 is 5.97 Å². The number of hydrogen-bond acceptors (Lipinski definition) is 5. The molecule has 0 saturated heterocycles. The van der Waals surface area contributed by atoms with E-state index < -0.39 is 18.2 Å². The van der Waals surface area contributed by atoms with Crippen LogP contribution >= 0.6 is 0 Å². The second-order valence-corrected chi connectivity index (χ2v) is 20.0. The number of carbonyl (C=O) groups excluding carboxylic acids is 2. The summed E-state index contributed by atoms with van der Waals surface area (Å²) >= 11 is 0. The lowest BCUT2D eigenvalue weighted by Gasteiger charge is -2.24. The van der Waals surface area contributed by atoms with Crippen molar-refractivity contribution in [1.82, 2.24) is 5.32 Å². The largest absolute Gasteiger partial charge is 0.462 e. The highest BCUT2D eigenvalue weighted by molar-refractivity contribution is 5.77. The van der Waals surface area contributed by atoms with Crippen LogP contribution in [0.4, 0.5) is 0 Å². The number of ether oxygens (including phenoxy) is 1. The average Bonchev–Trinajstić information content (AvgIpc) is 3.32. The lowest BCUT2D eigenvalue weighted by molar-refractivity contribution is -0.151. The third-order valence-electron chi connectivity index (χ3n) is 13.4. The standard InChI is InChI=1S/C61H113NO5/c1-4-7-10-13-16-19-22-25-28-29-30-31-33-36-39-42-45-48-51-54-61(66)67-57(52-49-46-43-40-37-34-27-24-21-18-15-12-9-6-3)55-60(65)62-58(56-63)59(64)53-50-47-44-41-38-35-32-26-23-20-17-14-11-8-5-2/h9,12,18,21,27,34,40,43,57-59,63-64H,4-8,10-11,13-17,19-20,22-26,28-33,35-39,41-42,44-56H2,1-3H3,(H,62,65)/b12-9+,21-18+,34-27+,43-40+. The molecule has 0 aliphatic rings. The van der Waals surface area contributed by atoms with Gasteiger partial charge in [0.05, 0.1) is 25.2 Å². The predicted octanol–water partition coefficient (Wildman–Crippen LogP) is 18.2. The first-order valence-electron chi connectivity index (χ1n) is 29.4. The van der Waals surface area contributed by atoms with Gasteiger partial charge in [-0.15, -0.1) is 0 Å². The van der Waals surface area contributed by atoms with E-state index in [1.807, 2.05) is 0 Å². The van der Waals surface area contributed by atoms with Crippen LogP contribution in [0.1, 0.15) is 303 Å². The summed E-state index contributed by atoms with van der Waals surface area (Å²) in [6.45, 7) is 6.39. The van der Waals surface area contributed by atoms with Crippen molar-refractivity contribution in [3.63, 3.8) is 0 Å². The van der Waals surface area contributed by atoms with Crippen molar-refractivity contribution in [3.8, 4) is 0 Å². The van der Waals surface area contributed by atoms with Crippen molar-refractivity contribution >= 4 is 11.9 Å². The maximum Gasteiger partial charge on any atom is 0.306 e. The van der Waals surface area contributed by atoms with Gasteiger partial charge in [-0.2, -0.15) is 0 Å². The predicted molar refractivity (Wildman–Crippen MR) is 292 cm³/mol. The Kier molecular flexibility index (Phi) is 53.0. The average molecular weight is 941 g/mol. The molecule has 3 atom stereocenters. The van der Waals surface area contributed by atoms with E-state index in [-0.39, 0.29) is 24.9 Å². The molecule has 0 heterocycles. The van der Waals surface area contributed by atoms with E-state index >= 15 is 0 Å².